The third-order valence-corrected chi connectivity index (χ3v) is 5.66. The number of hydrogen-bond acceptors (Lipinski definition) is 2. The predicted molar refractivity (Wildman–Crippen MR) is 119 cm³/mol. The van der Waals surface area contributed by atoms with Crippen LogP contribution in [0.25, 0.3) is 10.8 Å². The molecule has 0 spiro atoms. The van der Waals surface area contributed by atoms with Crippen molar-refractivity contribution < 1.29 is 0 Å². The molecule has 0 saturated heterocycles. The number of nitrogens with zero attached hydrogens (tertiary/aromatic N) is 2. The Labute approximate surface area is 164 Å². The predicted octanol–water partition coefficient (Wildman–Crippen LogP) is 6.43. The van der Waals surface area contributed by atoms with Gasteiger partial charge in [-0.15, -0.1) is 0 Å². The molecule has 27 heavy (non-hydrogen) atoms. The minimum atomic E-state index is 0.888. The van der Waals surface area contributed by atoms with Gasteiger partial charge in [0.15, 0.2) is 0 Å². The fraction of sp³-hybridized carbons (Fsp3) is 0.0417. The summed E-state index contributed by atoms with van der Waals surface area (Å²) in [5, 5.41) is 2.45. The first-order chi connectivity index (χ1) is 13.3. The Hall–Kier alpha value is -3.17. The van der Waals surface area contributed by atoms with Crippen LogP contribution in [-0.4, -0.2) is 12.0 Å². The number of thiocarbonyl (C=S) groups is 1. The molecule has 4 aromatic carbocycles. The fourth-order valence-electron chi connectivity index (χ4n) is 3.90. The summed E-state index contributed by atoms with van der Waals surface area (Å²) in [6.45, 7) is 0. The Morgan fingerprint density at radius 1 is 0.704 bits per heavy atom. The van der Waals surface area contributed by atoms with E-state index in [4.69, 9.17) is 12.2 Å². The van der Waals surface area contributed by atoms with Gasteiger partial charge < -0.3 is 9.80 Å². The van der Waals surface area contributed by atoms with Crippen LogP contribution in [0.2, 0.25) is 0 Å². The second-order valence-corrected chi connectivity index (χ2v) is 7.09. The molecular formula is C24H18N2S. The minimum Gasteiger partial charge on any atom is -0.335 e. The number of para-hydroxylation sites is 2. The molecule has 2 nitrogen and oxygen atoms in total. The number of benzene rings is 4. The zero-order valence-corrected chi connectivity index (χ0v) is 15.8. The maximum Gasteiger partial charge on any atom is 0.114 e. The molecule has 0 aliphatic carbocycles. The second kappa shape index (κ2) is 6.22. The molecule has 0 aromatic heterocycles. The monoisotopic (exact) mass is 366 g/mol. The van der Waals surface area contributed by atoms with Crippen LogP contribution in [0.1, 0.15) is 5.56 Å². The van der Waals surface area contributed by atoms with Crippen LogP contribution in [0, 0.1) is 0 Å². The van der Waals surface area contributed by atoms with E-state index >= 15 is 0 Å². The molecule has 3 heteroatoms. The maximum atomic E-state index is 5.67. The van der Waals surface area contributed by atoms with Gasteiger partial charge in [-0.25, -0.2) is 0 Å². The first-order valence-corrected chi connectivity index (χ1v) is 9.40. The van der Waals surface area contributed by atoms with Crippen LogP contribution >= 0.6 is 12.2 Å². The summed E-state index contributed by atoms with van der Waals surface area (Å²) in [6, 6.07) is 31.8. The highest BCUT2D eigenvalue weighted by Gasteiger charge is 2.26. The molecule has 0 amide bonds. The molecule has 0 fully saturated rings. The van der Waals surface area contributed by atoms with Crippen LogP contribution in [-0.2, 0) is 0 Å². The summed E-state index contributed by atoms with van der Waals surface area (Å²) in [7, 11) is 2.04. The molecular weight excluding hydrogens is 348 g/mol. The Bertz CT molecular complexity index is 1110. The van der Waals surface area contributed by atoms with E-state index < -0.39 is 0 Å². The van der Waals surface area contributed by atoms with Gasteiger partial charge in [0.05, 0.1) is 11.4 Å². The van der Waals surface area contributed by atoms with Crippen LogP contribution in [0.4, 0.5) is 22.7 Å². The van der Waals surface area contributed by atoms with Crippen molar-refractivity contribution in [3.05, 3.63) is 96.6 Å². The van der Waals surface area contributed by atoms with Crippen molar-refractivity contribution >= 4 is 50.7 Å². The van der Waals surface area contributed by atoms with Gasteiger partial charge in [-0.3, -0.25) is 0 Å². The lowest BCUT2D eigenvalue weighted by atomic mass is 10.0. The molecule has 4 aromatic rings. The lowest BCUT2D eigenvalue weighted by Gasteiger charge is -2.27. The molecule has 1 aliphatic heterocycles. The van der Waals surface area contributed by atoms with Crippen molar-refractivity contribution in [2.45, 2.75) is 0 Å². The van der Waals surface area contributed by atoms with Crippen molar-refractivity contribution in [3.63, 3.8) is 0 Å². The van der Waals surface area contributed by atoms with E-state index in [1.54, 1.807) is 0 Å². The molecule has 0 bridgehead atoms. The van der Waals surface area contributed by atoms with Gasteiger partial charge >= 0.3 is 0 Å². The van der Waals surface area contributed by atoms with Crippen molar-refractivity contribution in [3.8, 4) is 0 Å². The topological polar surface area (TPSA) is 6.48 Å². The first kappa shape index (κ1) is 16.0. The van der Waals surface area contributed by atoms with Gasteiger partial charge in [0.25, 0.3) is 0 Å². The van der Waals surface area contributed by atoms with E-state index in [2.05, 4.69) is 88.7 Å². The Morgan fingerprint density at radius 3 is 1.96 bits per heavy atom. The van der Waals surface area contributed by atoms with Gasteiger partial charge in [0.2, 0.25) is 0 Å². The molecule has 1 heterocycles. The summed E-state index contributed by atoms with van der Waals surface area (Å²) in [6.07, 6.45) is 0. The standard InChI is InChI=1S/C24H18N2S/c1-25-22-16-15-21(19-13-8-14-20(23(19)22)24(25)27)26(17-9-4-2-5-10-17)18-11-6-3-7-12-18/h2-16H,1H3. The molecule has 0 saturated carbocycles. The van der Waals surface area contributed by atoms with Gasteiger partial charge in [0.1, 0.15) is 4.99 Å². The van der Waals surface area contributed by atoms with Gasteiger partial charge in [-0.1, -0.05) is 66.8 Å². The normalized spacial score (nSPS) is 12.6. The minimum absolute atomic E-state index is 0.888. The van der Waals surface area contributed by atoms with Gasteiger partial charge in [-0.2, -0.15) is 0 Å². The Kier molecular flexibility index (Phi) is 3.69. The largest absolute Gasteiger partial charge is 0.335 e. The van der Waals surface area contributed by atoms with E-state index in [-0.39, 0.29) is 0 Å². The van der Waals surface area contributed by atoms with E-state index in [1.165, 1.54) is 16.5 Å². The highest BCUT2D eigenvalue weighted by atomic mass is 32.1. The van der Waals surface area contributed by atoms with Crippen LogP contribution in [0.5, 0.6) is 0 Å². The zero-order chi connectivity index (χ0) is 18.4. The van der Waals surface area contributed by atoms with E-state index in [9.17, 15) is 0 Å². The van der Waals surface area contributed by atoms with Crippen molar-refractivity contribution in [1.29, 1.82) is 0 Å². The zero-order valence-electron chi connectivity index (χ0n) is 15.0. The van der Waals surface area contributed by atoms with Crippen molar-refractivity contribution in [1.82, 2.24) is 0 Å². The number of rotatable bonds is 3. The third kappa shape index (κ3) is 2.43. The molecule has 0 radical (unpaired) electrons. The molecule has 1 aliphatic rings. The van der Waals surface area contributed by atoms with E-state index in [1.807, 2.05) is 19.2 Å². The highest BCUT2D eigenvalue weighted by molar-refractivity contribution is 7.81. The molecule has 0 atom stereocenters. The lowest BCUT2D eigenvalue weighted by Crippen LogP contribution is -2.19. The number of hydrogen-bond donors (Lipinski definition) is 0. The van der Waals surface area contributed by atoms with Gasteiger partial charge in [-0.05, 0) is 36.4 Å². The fourth-order valence-corrected chi connectivity index (χ4v) is 4.17. The van der Waals surface area contributed by atoms with Crippen molar-refractivity contribution in [2.24, 2.45) is 0 Å². The second-order valence-electron chi connectivity index (χ2n) is 6.70. The molecule has 130 valence electrons. The summed E-state index contributed by atoms with van der Waals surface area (Å²) in [5.74, 6) is 0. The summed E-state index contributed by atoms with van der Waals surface area (Å²) < 4.78 is 0. The summed E-state index contributed by atoms with van der Waals surface area (Å²) in [4.78, 5) is 5.30. The molecule has 5 rings (SSSR count). The average Bonchev–Trinajstić information content (AvgIpc) is 2.98. The lowest BCUT2D eigenvalue weighted by molar-refractivity contribution is 1.29. The van der Waals surface area contributed by atoms with Crippen LogP contribution in [0.3, 0.4) is 0 Å². The molecule has 0 unspecified atom stereocenters. The smallest absolute Gasteiger partial charge is 0.114 e. The number of anilines is 4. The summed E-state index contributed by atoms with van der Waals surface area (Å²) >= 11 is 5.67. The van der Waals surface area contributed by atoms with Crippen LogP contribution < -0.4 is 9.80 Å². The first-order valence-electron chi connectivity index (χ1n) is 9.00. The highest BCUT2D eigenvalue weighted by Crippen LogP contribution is 2.45. The van der Waals surface area contributed by atoms with E-state index in [0.717, 1.165) is 27.6 Å². The van der Waals surface area contributed by atoms with E-state index in [0.29, 0.717) is 0 Å². The maximum absolute atomic E-state index is 5.67. The van der Waals surface area contributed by atoms with Crippen LogP contribution in [0.15, 0.2) is 91.0 Å². The Balaban J connectivity index is 1.82. The quantitative estimate of drug-likeness (QED) is 0.386. The average molecular weight is 366 g/mol. The third-order valence-electron chi connectivity index (χ3n) is 5.16. The van der Waals surface area contributed by atoms with Gasteiger partial charge in [0, 0.05) is 34.8 Å². The Morgan fingerprint density at radius 2 is 1.33 bits per heavy atom. The molecule has 0 N–H and O–H groups in total. The summed E-state index contributed by atoms with van der Waals surface area (Å²) in [5.41, 5.74) is 5.75. The SMILES string of the molecule is CN1C(=S)c2cccc3c(N(c4ccccc4)c4ccccc4)ccc1c23. The van der Waals surface area contributed by atoms with Crippen molar-refractivity contribution in [2.75, 3.05) is 16.8 Å².